The van der Waals surface area contributed by atoms with E-state index in [4.69, 9.17) is 4.74 Å². The van der Waals surface area contributed by atoms with Crippen molar-refractivity contribution in [2.75, 3.05) is 13.1 Å². The molecule has 1 aromatic rings. The third kappa shape index (κ3) is 4.30. The van der Waals surface area contributed by atoms with Gasteiger partial charge in [-0.1, -0.05) is 24.3 Å². The Morgan fingerprint density at radius 3 is 2.28 bits per heavy atom. The molecule has 5 nitrogen and oxygen atoms in total. The maximum Gasteiger partial charge on any atom is 0.410 e. The first kappa shape index (κ1) is 22.4. The van der Waals surface area contributed by atoms with E-state index < -0.39 is 22.5 Å². The first-order valence-electron chi connectivity index (χ1n) is 10.5. The standard InChI is InChI=1S/C23H36N2O3S/c1-20(2,3)28-19(26)25-14-12-23(13-15-25)16-17-10-8-9-11-18(17)22(23,7)24-29(27)21(4,5)6/h8-11,24H,12-16H2,1-7H3/t22-,29?/m1/s1. The van der Waals surface area contributed by atoms with Gasteiger partial charge in [0.25, 0.3) is 0 Å². The van der Waals surface area contributed by atoms with Crippen molar-refractivity contribution in [2.45, 2.75) is 83.6 Å². The number of carbonyl (C=O) groups excluding carboxylic acids is 1. The highest BCUT2D eigenvalue weighted by molar-refractivity contribution is 7.90. The van der Waals surface area contributed by atoms with E-state index in [1.165, 1.54) is 11.1 Å². The Labute approximate surface area is 178 Å². The van der Waals surface area contributed by atoms with Crippen molar-refractivity contribution in [1.29, 1.82) is 0 Å². The van der Waals surface area contributed by atoms with Gasteiger partial charge in [0.2, 0.25) is 0 Å². The second-order valence-corrected chi connectivity index (χ2v) is 12.7. The summed E-state index contributed by atoms with van der Waals surface area (Å²) in [6.45, 7) is 15.2. The minimum Gasteiger partial charge on any atom is -0.598 e. The van der Waals surface area contributed by atoms with Gasteiger partial charge in [-0.15, -0.1) is 4.72 Å². The third-order valence-corrected chi connectivity index (χ3v) is 8.08. The second kappa shape index (κ2) is 7.47. The molecule has 1 N–H and O–H groups in total. The van der Waals surface area contributed by atoms with Crippen LogP contribution in [-0.2, 0) is 28.1 Å². The van der Waals surface area contributed by atoms with Crippen LogP contribution in [0, 0.1) is 5.41 Å². The van der Waals surface area contributed by atoms with Crippen LogP contribution in [0.4, 0.5) is 4.79 Å². The lowest BCUT2D eigenvalue weighted by atomic mass is 9.65. The topological polar surface area (TPSA) is 64.6 Å². The summed E-state index contributed by atoms with van der Waals surface area (Å²) in [5.41, 5.74) is 1.59. The van der Waals surface area contributed by atoms with Crippen molar-refractivity contribution >= 4 is 17.5 Å². The maximum atomic E-state index is 13.1. The van der Waals surface area contributed by atoms with E-state index in [1.54, 1.807) is 0 Å². The molecule has 3 rings (SSSR count). The van der Waals surface area contributed by atoms with E-state index in [0.717, 1.165) is 19.3 Å². The number of amides is 1. The summed E-state index contributed by atoms with van der Waals surface area (Å²) < 4.78 is 21.9. The van der Waals surface area contributed by atoms with Gasteiger partial charge in [0.15, 0.2) is 0 Å². The van der Waals surface area contributed by atoms with E-state index in [9.17, 15) is 9.35 Å². The Balaban J connectivity index is 1.86. The summed E-state index contributed by atoms with van der Waals surface area (Å²) in [5.74, 6) is 0. The fourth-order valence-corrected chi connectivity index (χ4v) is 5.61. The molecule has 1 aliphatic carbocycles. The van der Waals surface area contributed by atoms with Crippen LogP contribution in [0.25, 0.3) is 0 Å². The van der Waals surface area contributed by atoms with E-state index in [0.29, 0.717) is 13.1 Å². The zero-order chi connectivity index (χ0) is 21.7. The Morgan fingerprint density at radius 1 is 1.14 bits per heavy atom. The molecular formula is C23H36N2O3S. The molecular weight excluding hydrogens is 384 g/mol. The molecule has 1 spiro atoms. The summed E-state index contributed by atoms with van der Waals surface area (Å²) in [7, 11) is 0. The first-order valence-corrected chi connectivity index (χ1v) is 11.7. The lowest BCUT2D eigenvalue weighted by molar-refractivity contribution is -0.00325. The zero-order valence-corrected chi connectivity index (χ0v) is 19.7. The normalized spacial score (nSPS) is 25.0. The fraction of sp³-hybridized carbons (Fsp3) is 0.696. The Kier molecular flexibility index (Phi) is 5.78. The van der Waals surface area contributed by atoms with Crippen LogP contribution >= 0.6 is 0 Å². The second-order valence-electron chi connectivity index (χ2n) is 10.7. The van der Waals surface area contributed by atoms with Crippen LogP contribution in [0.5, 0.6) is 0 Å². The molecule has 6 heteroatoms. The van der Waals surface area contributed by atoms with E-state index in [1.807, 2.05) is 46.4 Å². The molecule has 1 aromatic carbocycles. The lowest BCUT2D eigenvalue weighted by Crippen LogP contribution is -2.60. The average molecular weight is 421 g/mol. The molecule has 0 bridgehead atoms. The molecule has 1 saturated heterocycles. The average Bonchev–Trinajstić information content (AvgIpc) is 2.82. The largest absolute Gasteiger partial charge is 0.598 e. The van der Waals surface area contributed by atoms with Gasteiger partial charge in [0.05, 0.1) is 5.54 Å². The molecule has 2 atom stereocenters. The molecule has 29 heavy (non-hydrogen) atoms. The van der Waals surface area contributed by atoms with Gasteiger partial charge >= 0.3 is 6.09 Å². The number of likely N-dealkylation sites (tertiary alicyclic amines) is 1. The Bertz CT molecular complexity index is 760. The molecule has 1 fully saturated rings. The fourth-order valence-electron chi connectivity index (χ4n) is 4.61. The van der Waals surface area contributed by atoms with E-state index in [2.05, 4.69) is 35.9 Å². The summed E-state index contributed by atoms with van der Waals surface area (Å²) in [5, 5.41) is 0. The summed E-state index contributed by atoms with van der Waals surface area (Å²) in [4.78, 5) is 14.4. The third-order valence-electron chi connectivity index (χ3n) is 6.37. The van der Waals surface area contributed by atoms with Crippen LogP contribution in [0.2, 0.25) is 0 Å². The predicted molar refractivity (Wildman–Crippen MR) is 118 cm³/mol. The molecule has 2 aliphatic rings. The van der Waals surface area contributed by atoms with Crippen LogP contribution in [0.3, 0.4) is 0 Å². The summed E-state index contributed by atoms with van der Waals surface area (Å²) in [6.07, 6.45) is 2.41. The van der Waals surface area contributed by atoms with Crippen molar-refractivity contribution < 1.29 is 14.1 Å². The number of benzene rings is 1. The molecule has 0 saturated carbocycles. The number of nitrogens with zero attached hydrogens (tertiary/aromatic N) is 1. The molecule has 1 heterocycles. The van der Waals surface area contributed by atoms with Gasteiger partial charge in [-0.3, -0.25) is 0 Å². The van der Waals surface area contributed by atoms with Gasteiger partial charge in [-0.2, -0.15) is 0 Å². The lowest BCUT2D eigenvalue weighted by Gasteiger charge is -2.49. The molecule has 1 aliphatic heterocycles. The van der Waals surface area contributed by atoms with Gasteiger partial charge in [0, 0.05) is 29.9 Å². The van der Waals surface area contributed by atoms with E-state index >= 15 is 0 Å². The number of hydrogen-bond acceptors (Lipinski definition) is 4. The maximum absolute atomic E-state index is 13.1. The van der Waals surface area contributed by atoms with Crippen molar-refractivity contribution in [3.63, 3.8) is 0 Å². The number of nitrogens with one attached hydrogen (secondary N) is 1. The Morgan fingerprint density at radius 2 is 1.72 bits per heavy atom. The molecule has 1 amide bonds. The Hall–Kier alpha value is -1.24. The number of piperidine rings is 1. The zero-order valence-electron chi connectivity index (χ0n) is 18.9. The molecule has 1 unspecified atom stereocenters. The van der Waals surface area contributed by atoms with Crippen LogP contribution in [-0.4, -0.2) is 39.0 Å². The van der Waals surface area contributed by atoms with Crippen LogP contribution < -0.4 is 4.72 Å². The number of ether oxygens (including phenoxy) is 1. The van der Waals surface area contributed by atoms with Crippen molar-refractivity contribution in [3.8, 4) is 0 Å². The highest BCUT2D eigenvalue weighted by atomic mass is 32.2. The predicted octanol–water partition coefficient (Wildman–Crippen LogP) is 4.53. The molecule has 0 radical (unpaired) electrons. The first-order chi connectivity index (χ1) is 13.3. The minimum absolute atomic E-state index is 0.0733. The van der Waals surface area contributed by atoms with E-state index in [-0.39, 0.29) is 16.3 Å². The van der Waals surface area contributed by atoms with Gasteiger partial charge in [-0.25, -0.2) is 4.79 Å². The monoisotopic (exact) mass is 420 g/mol. The van der Waals surface area contributed by atoms with Crippen molar-refractivity contribution in [3.05, 3.63) is 35.4 Å². The number of rotatable bonds is 2. The van der Waals surface area contributed by atoms with Gasteiger partial charge < -0.3 is 14.2 Å². The van der Waals surface area contributed by atoms with Crippen molar-refractivity contribution in [2.24, 2.45) is 5.41 Å². The van der Waals surface area contributed by atoms with Crippen LogP contribution in [0.15, 0.2) is 24.3 Å². The molecule has 0 aromatic heterocycles. The van der Waals surface area contributed by atoms with Crippen molar-refractivity contribution in [1.82, 2.24) is 9.62 Å². The van der Waals surface area contributed by atoms with Crippen LogP contribution in [0.1, 0.15) is 72.4 Å². The SMILES string of the molecule is CC(C)(C)OC(=O)N1CCC2(CC1)Cc1ccccc1[C@@]2(C)N[S+]([O-])C(C)(C)C. The minimum atomic E-state index is -1.19. The quantitative estimate of drug-likeness (QED) is 0.714. The number of hydrogen-bond donors (Lipinski definition) is 1. The molecule has 162 valence electrons. The van der Waals surface area contributed by atoms with Gasteiger partial charge in [0.1, 0.15) is 10.3 Å². The smallest absolute Gasteiger partial charge is 0.410 e. The number of fused-ring (bicyclic) bond motifs is 1. The summed E-state index contributed by atoms with van der Waals surface area (Å²) in [6, 6.07) is 8.49. The highest BCUT2D eigenvalue weighted by Gasteiger charge is 2.58. The number of carbonyl (C=O) groups is 1. The highest BCUT2D eigenvalue weighted by Crippen LogP contribution is 2.56. The van der Waals surface area contributed by atoms with Gasteiger partial charge in [-0.05, 0) is 78.9 Å². The summed E-state index contributed by atoms with van der Waals surface area (Å²) >= 11 is -1.19.